The standard InChI is InChI=1S/C9H17O/c1-8(2)10-9-6-4-3-5-7-9/h3,8-9H,4-7H2,1-2H3. The molecule has 0 unspecified atom stereocenters. The van der Waals surface area contributed by atoms with Crippen LogP contribution in [0, 0.1) is 6.42 Å². The molecule has 0 amide bonds. The molecule has 1 aliphatic rings. The van der Waals surface area contributed by atoms with Crippen LogP contribution in [0.15, 0.2) is 0 Å². The molecule has 1 nitrogen and oxygen atoms in total. The van der Waals surface area contributed by atoms with Gasteiger partial charge in [-0.25, -0.2) is 0 Å². The van der Waals surface area contributed by atoms with Crippen LogP contribution in [-0.4, -0.2) is 12.2 Å². The average Bonchev–Trinajstić information content (AvgIpc) is 1.88. The highest BCUT2D eigenvalue weighted by Gasteiger charge is 2.14. The lowest BCUT2D eigenvalue weighted by Crippen LogP contribution is -2.20. The molecule has 0 atom stereocenters. The Bertz CT molecular complexity index is 82.7. The van der Waals surface area contributed by atoms with E-state index in [1.165, 1.54) is 25.7 Å². The molecule has 1 saturated carbocycles. The van der Waals surface area contributed by atoms with Crippen LogP contribution >= 0.6 is 0 Å². The maximum atomic E-state index is 5.67. The van der Waals surface area contributed by atoms with E-state index in [4.69, 9.17) is 4.74 Å². The average molecular weight is 141 g/mol. The molecule has 0 aromatic heterocycles. The molecule has 0 N–H and O–H groups in total. The first-order valence-electron chi connectivity index (χ1n) is 4.26. The van der Waals surface area contributed by atoms with Gasteiger partial charge in [-0.3, -0.25) is 0 Å². The second-order valence-corrected chi connectivity index (χ2v) is 3.25. The Kier molecular flexibility index (Phi) is 3.20. The summed E-state index contributed by atoms with van der Waals surface area (Å²) in [5.74, 6) is 0. The predicted octanol–water partition coefficient (Wildman–Crippen LogP) is 2.56. The van der Waals surface area contributed by atoms with Crippen molar-refractivity contribution in [2.45, 2.75) is 51.7 Å². The van der Waals surface area contributed by atoms with Gasteiger partial charge in [-0.15, -0.1) is 0 Å². The smallest absolute Gasteiger partial charge is 0.0578 e. The fourth-order valence-corrected chi connectivity index (χ4v) is 1.42. The van der Waals surface area contributed by atoms with E-state index >= 15 is 0 Å². The van der Waals surface area contributed by atoms with Gasteiger partial charge in [0.15, 0.2) is 0 Å². The zero-order valence-corrected chi connectivity index (χ0v) is 6.97. The second kappa shape index (κ2) is 3.97. The van der Waals surface area contributed by atoms with Gasteiger partial charge in [0, 0.05) is 0 Å². The summed E-state index contributed by atoms with van der Waals surface area (Å²) in [5, 5.41) is 0. The van der Waals surface area contributed by atoms with E-state index in [1.807, 2.05) is 0 Å². The maximum absolute atomic E-state index is 5.67. The van der Waals surface area contributed by atoms with Crippen LogP contribution in [0.3, 0.4) is 0 Å². The molecule has 0 aromatic rings. The topological polar surface area (TPSA) is 9.23 Å². The van der Waals surface area contributed by atoms with Crippen molar-refractivity contribution < 1.29 is 4.74 Å². The van der Waals surface area contributed by atoms with Crippen molar-refractivity contribution >= 4 is 0 Å². The molecule has 0 bridgehead atoms. The summed E-state index contributed by atoms with van der Waals surface area (Å²) in [6, 6.07) is 0. The fraction of sp³-hybridized carbons (Fsp3) is 0.889. The number of rotatable bonds is 2. The van der Waals surface area contributed by atoms with Crippen LogP contribution < -0.4 is 0 Å². The van der Waals surface area contributed by atoms with Crippen molar-refractivity contribution in [1.29, 1.82) is 0 Å². The van der Waals surface area contributed by atoms with Gasteiger partial charge in [-0.05, 0) is 46.0 Å². The highest BCUT2D eigenvalue weighted by atomic mass is 16.5. The highest BCUT2D eigenvalue weighted by Crippen LogP contribution is 2.20. The Morgan fingerprint density at radius 3 is 2.40 bits per heavy atom. The van der Waals surface area contributed by atoms with E-state index in [1.54, 1.807) is 0 Å². The van der Waals surface area contributed by atoms with Gasteiger partial charge in [0.25, 0.3) is 0 Å². The van der Waals surface area contributed by atoms with Crippen molar-refractivity contribution in [3.8, 4) is 0 Å². The van der Waals surface area contributed by atoms with Crippen LogP contribution in [0.4, 0.5) is 0 Å². The van der Waals surface area contributed by atoms with Gasteiger partial charge in [0.2, 0.25) is 0 Å². The monoisotopic (exact) mass is 141 g/mol. The number of ether oxygens (including phenoxy) is 1. The molecule has 0 saturated heterocycles. The van der Waals surface area contributed by atoms with E-state index in [9.17, 15) is 0 Å². The summed E-state index contributed by atoms with van der Waals surface area (Å²) in [7, 11) is 0. The van der Waals surface area contributed by atoms with Crippen molar-refractivity contribution in [3.05, 3.63) is 6.42 Å². The summed E-state index contributed by atoms with van der Waals surface area (Å²) in [6.07, 6.45) is 8.28. The quantitative estimate of drug-likeness (QED) is 0.574. The van der Waals surface area contributed by atoms with E-state index in [0.29, 0.717) is 12.2 Å². The first-order valence-corrected chi connectivity index (χ1v) is 4.26. The van der Waals surface area contributed by atoms with Gasteiger partial charge in [0.05, 0.1) is 12.2 Å². The van der Waals surface area contributed by atoms with E-state index in [-0.39, 0.29) is 0 Å². The molecule has 1 radical (unpaired) electrons. The number of hydrogen-bond acceptors (Lipinski definition) is 1. The first kappa shape index (κ1) is 8.06. The number of hydrogen-bond donors (Lipinski definition) is 0. The van der Waals surface area contributed by atoms with Gasteiger partial charge in [0.1, 0.15) is 0 Å². The van der Waals surface area contributed by atoms with Crippen molar-refractivity contribution in [1.82, 2.24) is 0 Å². The molecule has 1 aliphatic carbocycles. The lowest BCUT2D eigenvalue weighted by atomic mass is 9.98. The van der Waals surface area contributed by atoms with E-state index in [0.717, 1.165) is 0 Å². The Hall–Kier alpha value is -0.0400. The minimum Gasteiger partial charge on any atom is -0.376 e. The molecule has 10 heavy (non-hydrogen) atoms. The molecule has 0 heterocycles. The third-order valence-electron chi connectivity index (χ3n) is 1.85. The zero-order chi connectivity index (χ0) is 7.40. The fourth-order valence-electron chi connectivity index (χ4n) is 1.42. The van der Waals surface area contributed by atoms with Crippen LogP contribution in [-0.2, 0) is 4.74 Å². The molecule has 1 heteroatoms. The van der Waals surface area contributed by atoms with Gasteiger partial charge >= 0.3 is 0 Å². The molecular formula is C9H17O. The largest absolute Gasteiger partial charge is 0.376 e. The van der Waals surface area contributed by atoms with Crippen LogP contribution in [0.5, 0.6) is 0 Å². The minimum atomic E-state index is 0.406. The molecule has 1 fully saturated rings. The third kappa shape index (κ3) is 2.70. The van der Waals surface area contributed by atoms with Crippen LogP contribution in [0.2, 0.25) is 0 Å². The molecule has 1 rings (SSSR count). The highest BCUT2D eigenvalue weighted by molar-refractivity contribution is 4.77. The first-order chi connectivity index (χ1) is 4.79. The Balaban J connectivity index is 2.13. The second-order valence-electron chi connectivity index (χ2n) is 3.25. The van der Waals surface area contributed by atoms with Gasteiger partial charge < -0.3 is 4.74 Å². The van der Waals surface area contributed by atoms with Gasteiger partial charge in [-0.2, -0.15) is 0 Å². The lowest BCUT2D eigenvalue weighted by molar-refractivity contribution is -0.00670. The minimum absolute atomic E-state index is 0.406. The molecule has 0 spiro atoms. The summed E-state index contributed by atoms with van der Waals surface area (Å²) in [5.41, 5.74) is 0. The maximum Gasteiger partial charge on any atom is 0.0578 e. The summed E-state index contributed by atoms with van der Waals surface area (Å²) in [6.45, 7) is 4.22. The van der Waals surface area contributed by atoms with E-state index < -0.39 is 0 Å². The van der Waals surface area contributed by atoms with Crippen LogP contribution in [0.1, 0.15) is 39.5 Å². The lowest BCUT2D eigenvalue weighted by Gasteiger charge is -2.23. The van der Waals surface area contributed by atoms with E-state index in [2.05, 4.69) is 20.3 Å². The predicted molar refractivity (Wildman–Crippen MR) is 42.8 cm³/mol. The molecule has 0 aliphatic heterocycles. The molecule has 59 valence electrons. The Morgan fingerprint density at radius 1 is 1.30 bits per heavy atom. The van der Waals surface area contributed by atoms with Crippen molar-refractivity contribution in [2.24, 2.45) is 0 Å². The normalized spacial score (nSPS) is 21.9. The third-order valence-corrected chi connectivity index (χ3v) is 1.85. The van der Waals surface area contributed by atoms with Crippen LogP contribution in [0.25, 0.3) is 0 Å². The molecular weight excluding hydrogens is 124 g/mol. The Labute approximate surface area is 63.8 Å². The summed E-state index contributed by atoms with van der Waals surface area (Å²) in [4.78, 5) is 0. The SMILES string of the molecule is CC(C)OC1CC[CH]CC1. The van der Waals surface area contributed by atoms with Gasteiger partial charge in [-0.1, -0.05) is 0 Å². The Morgan fingerprint density at radius 2 is 1.90 bits per heavy atom. The van der Waals surface area contributed by atoms with Crippen molar-refractivity contribution in [2.75, 3.05) is 0 Å². The summed E-state index contributed by atoms with van der Waals surface area (Å²) < 4.78 is 5.67. The van der Waals surface area contributed by atoms with Crippen molar-refractivity contribution in [3.63, 3.8) is 0 Å². The molecule has 0 aromatic carbocycles. The summed E-state index contributed by atoms with van der Waals surface area (Å²) >= 11 is 0. The zero-order valence-electron chi connectivity index (χ0n) is 6.97.